The van der Waals surface area contributed by atoms with Gasteiger partial charge in [0.2, 0.25) is 5.69 Å². The van der Waals surface area contributed by atoms with Crippen molar-refractivity contribution < 1.29 is 43.0 Å². The van der Waals surface area contributed by atoms with Gasteiger partial charge >= 0.3 is 5.97 Å². The molecule has 0 saturated heterocycles. The van der Waals surface area contributed by atoms with Gasteiger partial charge in [0.25, 0.3) is 0 Å². The summed E-state index contributed by atoms with van der Waals surface area (Å²) in [7, 11) is -4.94. The normalized spacial score (nSPS) is 10.4. The monoisotopic (exact) mass is 327 g/mol. The van der Waals surface area contributed by atoms with E-state index in [2.05, 4.69) is 0 Å². The third-order valence-corrected chi connectivity index (χ3v) is 2.39. The summed E-state index contributed by atoms with van der Waals surface area (Å²) in [5.74, 6) is -0.292. The minimum Gasteiger partial charge on any atom is -0.462 e. The molecule has 0 N–H and O–H groups in total. The van der Waals surface area contributed by atoms with Crippen LogP contribution in [0.15, 0.2) is 54.9 Å². The van der Waals surface area contributed by atoms with E-state index >= 15 is 0 Å². The summed E-state index contributed by atoms with van der Waals surface area (Å²) < 4.78 is 40.9. The summed E-state index contributed by atoms with van der Waals surface area (Å²) in [5.41, 5.74) is 1.40. The van der Waals surface area contributed by atoms with E-state index in [9.17, 15) is 4.79 Å². The zero-order chi connectivity index (χ0) is 16.6. The molecule has 8 heteroatoms. The number of benzene rings is 1. The lowest BCUT2D eigenvalue weighted by Crippen LogP contribution is -2.68. The molecular formula is C14H14ClNO6. The van der Waals surface area contributed by atoms with E-state index in [1.54, 1.807) is 13.0 Å². The van der Waals surface area contributed by atoms with Gasteiger partial charge in [-0.1, -0.05) is 18.2 Å². The molecule has 0 aliphatic rings. The second kappa shape index (κ2) is 8.42. The van der Waals surface area contributed by atoms with Crippen LogP contribution in [-0.2, 0) is 4.74 Å². The molecule has 0 radical (unpaired) electrons. The fourth-order valence-electron chi connectivity index (χ4n) is 1.64. The summed E-state index contributed by atoms with van der Waals surface area (Å²) in [5, 5.41) is 0. The van der Waals surface area contributed by atoms with Gasteiger partial charge in [0.1, 0.15) is 5.56 Å². The van der Waals surface area contributed by atoms with Crippen molar-refractivity contribution in [2.24, 2.45) is 0 Å². The highest BCUT2D eigenvalue weighted by Gasteiger charge is 2.18. The number of esters is 1. The van der Waals surface area contributed by atoms with E-state index in [1.807, 2.05) is 53.4 Å². The van der Waals surface area contributed by atoms with Gasteiger partial charge in [0.15, 0.2) is 12.4 Å². The second-order valence-electron chi connectivity index (χ2n) is 3.90. The molecule has 2 aromatic rings. The molecule has 2 rings (SSSR count). The highest BCUT2D eigenvalue weighted by Crippen LogP contribution is 2.09. The maximum Gasteiger partial charge on any atom is 0.344 e. The zero-order valence-electron chi connectivity index (χ0n) is 11.7. The first-order valence-corrected chi connectivity index (χ1v) is 7.41. The Morgan fingerprint density at radius 1 is 1.05 bits per heavy atom. The van der Waals surface area contributed by atoms with Gasteiger partial charge in [-0.3, -0.25) is 0 Å². The molecule has 7 nitrogen and oxygen atoms in total. The molecule has 0 spiro atoms. The number of hydrogen-bond donors (Lipinski definition) is 0. The quantitative estimate of drug-likeness (QED) is 0.449. The molecule has 0 amide bonds. The Morgan fingerprint density at radius 2 is 1.59 bits per heavy atom. The molecule has 0 bridgehead atoms. The number of ether oxygens (including phenoxy) is 1. The first kappa shape index (κ1) is 18.0. The van der Waals surface area contributed by atoms with Crippen LogP contribution in [0.4, 0.5) is 0 Å². The van der Waals surface area contributed by atoms with Crippen LogP contribution in [0.2, 0.25) is 0 Å². The standard InChI is InChI=1S/C14H14NO2.ClHO4/c1-2-17-14(16)12-8-4-5-9-13(12)15-10-6-3-7-11-15;2-1(3,4)5/h3-11H,2H2,1H3;(H,2,3,4,5)/q+1;/p-1. The van der Waals surface area contributed by atoms with Crippen LogP contribution in [-0.4, -0.2) is 12.6 Å². The average molecular weight is 328 g/mol. The smallest absolute Gasteiger partial charge is 0.344 e. The van der Waals surface area contributed by atoms with Gasteiger partial charge in [-0.25, -0.2) is 23.4 Å². The van der Waals surface area contributed by atoms with Crippen LogP contribution in [0.1, 0.15) is 17.3 Å². The lowest BCUT2D eigenvalue weighted by atomic mass is 10.1. The van der Waals surface area contributed by atoms with Crippen LogP contribution < -0.4 is 23.2 Å². The first-order valence-electron chi connectivity index (χ1n) is 6.17. The third kappa shape index (κ3) is 6.61. The Labute approximate surface area is 129 Å². The predicted octanol–water partition coefficient (Wildman–Crippen LogP) is -2.62. The Bertz CT molecular complexity index is 594. The molecule has 0 saturated carbocycles. The van der Waals surface area contributed by atoms with Crippen molar-refractivity contribution in [1.29, 1.82) is 0 Å². The summed E-state index contributed by atoms with van der Waals surface area (Å²) in [6.45, 7) is 2.18. The number of hydrogen-bond acceptors (Lipinski definition) is 6. The minimum atomic E-state index is -4.94. The van der Waals surface area contributed by atoms with E-state index in [4.69, 9.17) is 23.4 Å². The number of halogens is 1. The molecule has 0 aliphatic heterocycles. The van der Waals surface area contributed by atoms with Crippen molar-refractivity contribution in [2.45, 2.75) is 6.92 Å². The van der Waals surface area contributed by atoms with Crippen molar-refractivity contribution in [3.8, 4) is 5.69 Å². The summed E-state index contributed by atoms with van der Waals surface area (Å²) in [6, 6.07) is 13.2. The molecule has 0 aliphatic carbocycles. The molecule has 0 atom stereocenters. The molecule has 118 valence electrons. The summed E-state index contributed by atoms with van der Waals surface area (Å²) in [4.78, 5) is 11.8. The maximum absolute atomic E-state index is 11.8. The highest BCUT2D eigenvalue weighted by atomic mass is 35.7. The van der Waals surface area contributed by atoms with Crippen molar-refractivity contribution >= 4 is 5.97 Å². The summed E-state index contributed by atoms with van der Waals surface area (Å²) in [6.07, 6.45) is 3.80. The number of nitrogens with zero attached hydrogens (tertiary/aromatic N) is 1. The van der Waals surface area contributed by atoms with Crippen LogP contribution >= 0.6 is 0 Å². The van der Waals surface area contributed by atoms with E-state index in [1.165, 1.54) is 0 Å². The van der Waals surface area contributed by atoms with E-state index in [0.717, 1.165) is 5.69 Å². The Morgan fingerprint density at radius 3 is 2.14 bits per heavy atom. The van der Waals surface area contributed by atoms with Gasteiger partial charge < -0.3 is 4.74 Å². The molecule has 0 fully saturated rings. The molecule has 0 unspecified atom stereocenters. The minimum absolute atomic E-state index is 0.292. The zero-order valence-corrected chi connectivity index (χ0v) is 12.4. The molecule has 22 heavy (non-hydrogen) atoms. The first-order chi connectivity index (χ1) is 10.3. The van der Waals surface area contributed by atoms with Crippen molar-refractivity contribution in [3.05, 3.63) is 60.4 Å². The maximum atomic E-state index is 11.8. The van der Waals surface area contributed by atoms with Crippen LogP contribution in [0.5, 0.6) is 0 Å². The molecular weight excluding hydrogens is 314 g/mol. The number of para-hydroxylation sites is 1. The molecule has 1 heterocycles. The van der Waals surface area contributed by atoms with Gasteiger partial charge in [0.05, 0.1) is 6.61 Å². The van der Waals surface area contributed by atoms with Crippen molar-refractivity contribution in [3.63, 3.8) is 0 Å². The number of pyridine rings is 1. The SMILES string of the molecule is CCOC(=O)c1ccccc1-[n+]1ccccc1.[O-][Cl+3]([O-])([O-])[O-]. The Hall–Kier alpha value is -2.03. The predicted molar refractivity (Wildman–Crippen MR) is 63.9 cm³/mol. The fraction of sp³-hybridized carbons (Fsp3) is 0.143. The Balaban J connectivity index is 0.000000422. The van der Waals surface area contributed by atoms with Gasteiger partial charge in [-0.15, -0.1) is 10.2 Å². The highest BCUT2D eigenvalue weighted by molar-refractivity contribution is 5.92. The average Bonchev–Trinajstić information content (AvgIpc) is 2.47. The molecule has 1 aromatic carbocycles. The topological polar surface area (TPSA) is 122 Å². The lowest BCUT2D eigenvalue weighted by Gasteiger charge is -2.17. The largest absolute Gasteiger partial charge is 0.462 e. The fourth-order valence-corrected chi connectivity index (χ4v) is 1.64. The van der Waals surface area contributed by atoms with E-state index < -0.39 is 10.2 Å². The summed E-state index contributed by atoms with van der Waals surface area (Å²) >= 11 is 0. The van der Waals surface area contributed by atoms with E-state index in [-0.39, 0.29) is 5.97 Å². The Kier molecular flexibility index (Phi) is 6.90. The van der Waals surface area contributed by atoms with Crippen molar-refractivity contribution in [1.82, 2.24) is 0 Å². The van der Waals surface area contributed by atoms with Gasteiger partial charge in [-0.05, 0) is 13.0 Å². The van der Waals surface area contributed by atoms with Crippen LogP contribution in [0, 0.1) is 10.2 Å². The van der Waals surface area contributed by atoms with Crippen LogP contribution in [0.25, 0.3) is 5.69 Å². The number of rotatable bonds is 3. The number of carbonyl (C=O) groups is 1. The third-order valence-electron chi connectivity index (χ3n) is 2.39. The van der Waals surface area contributed by atoms with E-state index in [0.29, 0.717) is 12.2 Å². The lowest BCUT2D eigenvalue weighted by molar-refractivity contribution is -2.00. The van der Waals surface area contributed by atoms with Gasteiger partial charge in [-0.2, -0.15) is 4.57 Å². The number of carbonyl (C=O) groups excluding carboxylic acids is 1. The number of aromatic nitrogens is 1. The van der Waals surface area contributed by atoms with Crippen LogP contribution in [0.3, 0.4) is 0 Å². The van der Waals surface area contributed by atoms with Crippen molar-refractivity contribution in [2.75, 3.05) is 6.61 Å². The van der Waals surface area contributed by atoms with Gasteiger partial charge in [0, 0.05) is 18.2 Å². The molecule has 1 aromatic heterocycles. The second-order valence-corrected chi connectivity index (χ2v) is 4.65.